The molecule has 17 heavy (non-hydrogen) atoms. The van der Waals surface area contributed by atoms with Crippen molar-refractivity contribution in [3.8, 4) is 5.75 Å². The normalized spacial score (nSPS) is 10.6. The average Bonchev–Trinajstić information content (AvgIpc) is 2.30. The fourth-order valence-electron chi connectivity index (χ4n) is 1.87. The van der Waals surface area contributed by atoms with E-state index in [1.807, 2.05) is 19.9 Å². The summed E-state index contributed by atoms with van der Waals surface area (Å²) in [6.45, 7) is 6.39. The number of halogens is 2. The third kappa shape index (κ3) is 3.60. The van der Waals surface area contributed by atoms with Crippen LogP contribution in [0.5, 0.6) is 5.75 Å². The van der Waals surface area contributed by atoms with E-state index in [9.17, 15) is 4.39 Å². The molecular formula is C14H20ClFO. The van der Waals surface area contributed by atoms with Gasteiger partial charge < -0.3 is 4.74 Å². The molecule has 0 aliphatic carbocycles. The summed E-state index contributed by atoms with van der Waals surface area (Å²) in [5.41, 5.74) is 3.10. The van der Waals surface area contributed by atoms with Crippen molar-refractivity contribution in [2.24, 2.45) is 0 Å². The second-order valence-corrected chi connectivity index (χ2v) is 4.66. The molecule has 0 aliphatic rings. The van der Waals surface area contributed by atoms with Gasteiger partial charge in [-0.25, -0.2) is 0 Å². The molecule has 1 aromatic rings. The van der Waals surface area contributed by atoms with Crippen LogP contribution in [-0.2, 0) is 6.42 Å². The number of ether oxygens (including phenoxy) is 1. The van der Waals surface area contributed by atoms with Gasteiger partial charge in [0.05, 0.1) is 13.3 Å². The molecule has 0 aliphatic heterocycles. The Kier molecular flexibility index (Phi) is 5.76. The van der Waals surface area contributed by atoms with Gasteiger partial charge in [-0.15, -0.1) is 0 Å². The van der Waals surface area contributed by atoms with Crippen molar-refractivity contribution >= 4 is 11.6 Å². The Morgan fingerprint density at radius 2 is 2.06 bits per heavy atom. The van der Waals surface area contributed by atoms with E-state index in [-0.39, 0.29) is 6.67 Å². The Labute approximate surface area is 108 Å². The van der Waals surface area contributed by atoms with Crippen molar-refractivity contribution in [1.82, 2.24) is 0 Å². The average molecular weight is 259 g/mol. The summed E-state index contributed by atoms with van der Waals surface area (Å²) in [5.74, 6) is 0.891. The monoisotopic (exact) mass is 258 g/mol. The van der Waals surface area contributed by atoms with Crippen LogP contribution < -0.4 is 4.74 Å². The van der Waals surface area contributed by atoms with Crippen molar-refractivity contribution in [2.75, 3.05) is 13.3 Å². The van der Waals surface area contributed by atoms with E-state index >= 15 is 0 Å². The van der Waals surface area contributed by atoms with Crippen LogP contribution in [0.15, 0.2) is 6.07 Å². The van der Waals surface area contributed by atoms with Crippen LogP contribution in [0.1, 0.15) is 36.5 Å². The number of alkyl halides is 1. The van der Waals surface area contributed by atoms with Crippen LogP contribution >= 0.6 is 11.6 Å². The Hall–Kier alpha value is -0.760. The highest BCUT2D eigenvalue weighted by atomic mass is 35.5. The van der Waals surface area contributed by atoms with Gasteiger partial charge >= 0.3 is 0 Å². The summed E-state index contributed by atoms with van der Waals surface area (Å²) in [6, 6.07) is 1.92. The highest BCUT2D eigenvalue weighted by Gasteiger charge is 2.13. The topological polar surface area (TPSA) is 9.23 Å². The zero-order valence-corrected chi connectivity index (χ0v) is 11.5. The first-order valence-electron chi connectivity index (χ1n) is 6.09. The van der Waals surface area contributed by atoms with E-state index in [1.54, 1.807) is 0 Å². The Bertz CT molecular complexity index is 377. The highest BCUT2D eigenvalue weighted by Crippen LogP contribution is 2.33. The maximum Gasteiger partial charge on any atom is 0.125 e. The lowest BCUT2D eigenvalue weighted by molar-refractivity contribution is 0.311. The molecule has 0 unspecified atom stereocenters. The lowest BCUT2D eigenvalue weighted by Crippen LogP contribution is -2.04. The van der Waals surface area contributed by atoms with E-state index < -0.39 is 0 Å². The number of rotatable bonds is 6. The first kappa shape index (κ1) is 14.3. The van der Waals surface area contributed by atoms with Gasteiger partial charge in [-0.05, 0) is 55.9 Å². The van der Waals surface area contributed by atoms with Gasteiger partial charge in [-0.2, -0.15) is 0 Å². The highest BCUT2D eigenvalue weighted by molar-refractivity contribution is 6.31. The third-order valence-corrected chi connectivity index (χ3v) is 3.19. The summed E-state index contributed by atoms with van der Waals surface area (Å²) in [4.78, 5) is 0. The lowest BCUT2D eigenvalue weighted by atomic mass is 9.99. The fraction of sp³-hybridized carbons (Fsp3) is 0.571. The molecule has 0 heterocycles. The summed E-state index contributed by atoms with van der Waals surface area (Å²) < 4.78 is 18.1. The van der Waals surface area contributed by atoms with Gasteiger partial charge in [-0.1, -0.05) is 18.5 Å². The van der Waals surface area contributed by atoms with Crippen LogP contribution in [0.4, 0.5) is 4.39 Å². The molecule has 0 radical (unpaired) electrons. The van der Waals surface area contributed by atoms with E-state index in [0.29, 0.717) is 19.4 Å². The minimum Gasteiger partial charge on any atom is -0.493 e. The second kappa shape index (κ2) is 6.85. The molecular weight excluding hydrogens is 239 g/mol. The van der Waals surface area contributed by atoms with Crippen molar-refractivity contribution in [3.63, 3.8) is 0 Å². The van der Waals surface area contributed by atoms with Gasteiger partial charge in [0.25, 0.3) is 0 Å². The minimum absolute atomic E-state index is 0.307. The first-order chi connectivity index (χ1) is 8.11. The number of aryl methyl sites for hydroxylation is 1. The molecule has 1 aromatic carbocycles. The molecule has 96 valence electrons. The molecule has 1 rings (SSSR count). The molecule has 3 heteroatoms. The van der Waals surface area contributed by atoms with Gasteiger partial charge in [0.1, 0.15) is 5.75 Å². The van der Waals surface area contributed by atoms with Crippen LogP contribution in [0.25, 0.3) is 0 Å². The maximum absolute atomic E-state index is 12.3. The molecule has 1 nitrogen and oxygen atoms in total. The minimum atomic E-state index is -0.307. The fourth-order valence-corrected chi connectivity index (χ4v) is 2.14. The number of benzene rings is 1. The summed E-state index contributed by atoms with van der Waals surface area (Å²) in [6.07, 6.45) is 2.16. The number of hydrogen-bond donors (Lipinski definition) is 0. The quantitative estimate of drug-likeness (QED) is 0.722. The smallest absolute Gasteiger partial charge is 0.125 e. The zero-order chi connectivity index (χ0) is 12.8. The third-order valence-electron chi connectivity index (χ3n) is 2.80. The summed E-state index contributed by atoms with van der Waals surface area (Å²) in [5, 5.41) is 0.736. The lowest BCUT2D eigenvalue weighted by Gasteiger charge is -2.17. The van der Waals surface area contributed by atoms with Crippen molar-refractivity contribution in [1.29, 1.82) is 0 Å². The predicted octanol–water partition coefficient (Wildman–Crippen LogP) is 4.65. The van der Waals surface area contributed by atoms with E-state index in [2.05, 4.69) is 6.92 Å². The Morgan fingerprint density at radius 3 is 2.65 bits per heavy atom. The largest absolute Gasteiger partial charge is 0.493 e. The molecule has 0 atom stereocenters. The summed E-state index contributed by atoms with van der Waals surface area (Å²) >= 11 is 6.15. The Balaban J connectivity index is 3.09. The van der Waals surface area contributed by atoms with Crippen LogP contribution in [0, 0.1) is 13.8 Å². The van der Waals surface area contributed by atoms with Crippen molar-refractivity contribution in [3.05, 3.63) is 27.8 Å². The molecule has 0 amide bonds. The van der Waals surface area contributed by atoms with Crippen LogP contribution in [-0.4, -0.2) is 13.3 Å². The SMILES string of the molecule is CCCOc1c(C)cc(Cl)c(C)c1CCCF. The van der Waals surface area contributed by atoms with Gasteiger partial charge in [0.2, 0.25) is 0 Å². The Morgan fingerprint density at radius 1 is 1.35 bits per heavy atom. The summed E-state index contributed by atoms with van der Waals surface area (Å²) in [7, 11) is 0. The molecule has 0 fully saturated rings. The molecule has 0 bridgehead atoms. The van der Waals surface area contributed by atoms with E-state index in [4.69, 9.17) is 16.3 Å². The van der Waals surface area contributed by atoms with Crippen molar-refractivity contribution < 1.29 is 9.13 Å². The predicted molar refractivity (Wildman–Crippen MR) is 71.0 cm³/mol. The molecule has 0 aromatic heterocycles. The van der Waals surface area contributed by atoms with E-state index in [0.717, 1.165) is 33.9 Å². The zero-order valence-electron chi connectivity index (χ0n) is 10.8. The molecule has 0 N–H and O–H groups in total. The molecule has 0 saturated carbocycles. The standard InChI is InChI=1S/C14H20ClFO/c1-4-8-17-14-10(2)9-13(15)11(3)12(14)6-5-7-16/h9H,4-8H2,1-3H3. The number of hydrogen-bond acceptors (Lipinski definition) is 1. The van der Waals surface area contributed by atoms with Gasteiger partial charge in [0, 0.05) is 5.02 Å². The second-order valence-electron chi connectivity index (χ2n) is 4.25. The van der Waals surface area contributed by atoms with Crippen LogP contribution in [0.3, 0.4) is 0 Å². The van der Waals surface area contributed by atoms with Gasteiger partial charge in [0.15, 0.2) is 0 Å². The van der Waals surface area contributed by atoms with Crippen LogP contribution in [0.2, 0.25) is 5.02 Å². The van der Waals surface area contributed by atoms with E-state index in [1.165, 1.54) is 0 Å². The maximum atomic E-state index is 12.3. The van der Waals surface area contributed by atoms with Crippen molar-refractivity contribution in [2.45, 2.75) is 40.0 Å². The molecule has 0 saturated heterocycles. The first-order valence-corrected chi connectivity index (χ1v) is 6.47. The molecule has 0 spiro atoms. The van der Waals surface area contributed by atoms with Gasteiger partial charge in [-0.3, -0.25) is 4.39 Å².